The lowest BCUT2D eigenvalue weighted by Gasteiger charge is -2.36. The first kappa shape index (κ1) is 27.6. The summed E-state index contributed by atoms with van der Waals surface area (Å²) in [6.45, 7) is -0.0355. The average Bonchev–Trinajstić information content (AvgIpc) is 3.54. The summed E-state index contributed by atoms with van der Waals surface area (Å²) >= 11 is 0. The fourth-order valence-electron chi connectivity index (χ4n) is 7.21. The second-order valence-corrected chi connectivity index (χ2v) is 11.6. The van der Waals surface area contributed by atoms with Crippen molar-refractivity contribution < 1.29 is 28.3 Å². The van der Waals surface area contributed by atoms with Gasteiger partial charge in [0.15, 0.2) is 11.5 Å². The number of carboxylic acid groups (broad SMARTS) is 1. The second kappa shape index (κ2) is 11.6. The fraction of sp³-hybridized carbons (Fsp3) is 0.621. The van der Waals surface area contributed by atoms with Gasteiger partial charge in [-0.2, -0.15) is 0 Å². The number of nitrogens with two attached hydrogens (primary N) is 1. The van der Waals surface area contributed by atoms with Crippen molar-refractivity contribution in [2.24, 2.45) is 29.4 Å². The molecule has 0 spiro atoms. The lowest BCUT2D eigenvalue weighted by Crippen LogP contribution is -2.50. The zero-order valence-electron chi connectivity index (χ0n) is 22.1. The third kappa shape index (κ3) is 5.53. The van der Waals surface area contributed by atoms with Crippen LogP contribution in [0.15, 0.2) is 18.2 Å². The van der Waals surface area contributed by atoms with Gasteiger partial charge in [-0.15, -0.1) is 0 Å². The summed E-state index contributed by atoms with van der Waals surface area (Å²) < 4.78 is 27.7. The molecule has 3 atom stereocenters. The third-order valence-corrected chi connectivity index (χ3v) is 9.37. The van der Waals surface area contributed by atoms with Crippen LogP contribution in [0.1, 0.15) is 74.7 Å². The van der Waals surface area contributed by atoms with Crippen molar-refractivity contribution in [3.05, 3.63) is 29.7 Å². The molecule has 5 N–H and O–H groups in total. The molecule has 2 aromatic rings. The summed E-state index contributed by atoms with van der Waals surface area (Å²) in [7, 11) is 0. The molecule has 0 radical (unpaired) electrons. The number of H-pyrrole nitrogens is 1. The number of aromatic amines is 1. The minimum Gasteiger partial charge on any atom is -0.476 e. The van der Waals surface area contributed by atoms with Gasteiger partial charge in [-0.1, -0.05) is 32.1 Å². The van der Waals surface area contributed by atoms with Crippen LogP contribution in [0.4, 0.5) is 14.5 Å². The molecular weight excluding hydrogens is 506 g/mol. The van der Waals surface area contributed by atoms with E-state index in [0.717, 1.165) is 32.1 Å². The molecule has 2 unspecified atom stereocenters. The van der Waals surface area contributed by atoms with Gasteiger partial charge in [0.25, 0.3) is 0 Å². The van der Waals surface area contributed by atoms with E-state index in [4.69, 9.17) is 5.73 Å². The van der Waals surface area contributed by atoms with E-state index in [2.05, 4.69) is 10.3 Å². The summed E-state index contributed by atoms with van der Waals surface area (Å²) in [4.78, 5) is 43.2. The standard InChI is InChI=1S/C29H38F2N4O4/c30-15-22(32)17-6-8-18(9-7-17)28(37)35-13-12-20(16-4-2-1-3-5-16)26(35)27(36)33-19-10-11-23-21(14-19)24(31)25(34-23)29(38)39/h10-11,14,16-18,20,22,26,34H,1-9,12-13,15,32H2,(H,33,36)(H,38,39)/t17-,18-,20?,22?,26-/m0/s1. The van der Waals surface area contributed by atoms with E-state index in [1.54, 1.807) is 11.0 Å². The fourth-order valence-corrected chi connectivity index (χ4v) is 7.21. The number of aromatic carboxylic acids is 1. The number of nitrogens with zero attached hydrogens (tertiary/aromatic N) is 1. The zero-order valence-corrected chi connectivity index (χ0v) is 22.1. The molecule has 1 aromatic heterocycles. The Bertz CT molecular complexity index is 1220. The Balaban J connectivity index is 1.36. The monoisotopic (exact) mass is 544 g/mol. The van der Waals surface area contributed by atoms with Gasteiger partial charge < -0.3 is 26.0 Å². The molecule has 0 bridgehead atoms. The maximum absolute atomic E-state index is 14.7. The number of alkyl halides is 1. The SMILES string of the molecule is NC(CF)[C@H]1CC[C@H](C(=O)N2CCC(C3CCCCC3)[C@H]2C(=O)Nc2ccc3[nH]c(C(=O)O)c(F)c3c2)CC1. The number of carbonyl (C=O) groups is 3. The number of hydrogen-bond donors (Lipinski definition) is 4. The lowest BCUT2D eigenvalue weighted by atomic mass is 9.76. The Morgan fingerprint density at radius 3 is 2.46 bits per heavy atom. The second-order valence-electron chi connectivity index (χ2n) is 11.6. The summed E-state index contributed by atoms with van der Waals surface area (Å²) in [5.41, 5.74) is 6.06. The van der Waals surface area contributed by atoms with E-state index < -0.39 is 36.2 Å². The van der Waals surface area contributed by atoms with Crippen LogP contribution < -0.4 is 11.1 Å². The van der Waals surface area contributed by atoms with Gasteiger partial charge in [0.05, 0.1) is 0 Å². The number of benzene rings is 1. The first-order chi connectivity index (χ1) is 18.8. The topological polar surface area (TPSA) is 129 Å². The highest BCUT2D eigenvalue weighted by Gasteiger charge is 2.47. The number of anilines is 1. The van der Waals surface area contributed by atoms with Crippen LogP contribution in [0.25, 0.3) is 10.9 Å². The number of rotatable bonds is 7. The van der Waals surface area contributed by atoms with Gasteiger partial charge in [-0.25, -0.2) is 13.6 Å². The van der Waals surface area contributed by atoms with Gasteiger partial charge in [0, 0.05) is 35.1 Å². The van der Waals surface area contributed by atoms with E-state index in [-0.39, 0.29) is 35.0 Å². The number of carboxylic acids is 1. The highest BCUT2D eigenvalue weighted by Crippen LogP contribution is 2.41. The maximum atomic E-state index is 14.7. The molecule has 5 rings (SSSR count). The van der Waals surface area contributed by atoms with E-state index in [9.17, 15) is 28.3 Å². The van der Waals surface area contributed by atoms with Crippen molar-refractivity contribution in [2.45, 2.75) is 76.3 Å². The number of likely N-dealkylation sites (tertiary alicyclic amines) is 1. The number of fused-ring (bicyclic) bond motifs is 1. The largest absolute Gasteiger partial charge is 0.476 e. The Labute approximate surface area is 226 Å². The van der Waals surface area contributed by atoms with E-state index in [0.29, 0.717) is 49.4 Å². The van der Waals surface area contributed by atoms with Gasteiger partial charge in [-0.3, -0.25) is 9.59 Å². The van der Waals surface area contributed by atoms with Crippen LogP contribution in [0.5, 0.6) is 0 Å². The molecule has 2 aliphatic carbocycles. The Morgan fingerprint density at radius 2 is 1.79 bits per heavy atom. The number of nitrogens with one attached hydrogen (secondary N) is 2. The van der Waals surface area contributed by atoms with E-state index in [1.807, 2.05) is 0 Å². The molecule has 2 heterocycles. The van der Waals surface area contributed by atoms with Crippen LogP contribution in [0.2, 0.25) is 0 Å². The lowest BCUT2D eigenvalue weighted by molar-refractivity contribution is -0.142. The van der Waals surface area contributed by atoms with Crippen LogP contribution in [0.3, 0.4) is 0 Å². The predicted molar refractivity (Wildman–Crippen MR) is 143 cm³/mol. The van der Waals surface area contributed by atoms with Crippen LogP contribution in [0, 0.1) is 29.5 Å². The van der Waals surface area contributed by atoms with E-state index >= 15 is 0 Å². The molecule has 2 amide bonds. The van der Waals surface area contributed by atoms with Crippen LogP contribution in [-0.2, 0) is 9.59 Å². The van der Waals surface area contributed by atoms with Gasteiger partial charge >= 0.3 is 5.97 Å². The first-order valence-corrected chi connectivity index (χ1v) is 14.3. The van der Waals surface area contributed by atoms with Crippen LogP contribution >= 0.6 is 0 Å². The Morgan fingerprint density at radius 1 is 1.08 bits per heavy atom. The van der Waals surface area contributed by atoms with Crippen molar-refractivity contribution in [2.75, 3.05) is 18.5 Å². The minimum atomic E-state index is -1.40. The van der Waals surface area contributed by atoms with Gasteiger partial charge in [0.1, 0.15) is 12.7 Å². The van der Waals surface area contributed by atoms with Crippen molar-refractivity contribution in [3.63, 3.8) is 0 Å². The molecule has 3 aliphatic rings. The smallest absolute Gasteiger partial charge is 0.355 e. The summed E-state index contributed by atoms with van der Waals surface area (Å²) in [6, 6.07) is 3.46. The Hall–Kier alpha value is -3.01. The number of carbonyl (C=O) groups excluding carboxylic acids is 2. The molecule has 1 aromatic carbocycles. The molecular formula is C29H38F2N4O4. The Kier molecular flexibility index (Phi) is 8.21. The molecule has 1 aliphatic heterocycles. The third-order valence-electron chi connectivity index (χ3n) is 9.37. The molecule has 212 valence electrons. The highest BCUT2D eigenvalue weighted by atomic mass is 19.1. The van der Waals surface area contributed by atoms with Crippen molar-refractivity contribution in [1.82, 2.24) is 9.88 Å². The summed E-state index contributed by atoms with van der Waals surface area (Å²) in [5.74, 6) is -2.28. The number of aromatic nitrogens is 1. The van der Waals surface area contributed by atoms with Crippen molar-refractivity contribution in [1.29, 1.82) is 0 Å². The molecule has 10 heteroatoms. The number of halogens is 2. The van der Waals surface area contributed by atoms with Crippen molar-refractivity contribution in [3.8, 4) is 0 Å². The van der Waals surface area contributed by atoms with Crippen molar-refractivity contribution >= 4 is 34.4 Å². The highest BCUT2D eigenvalue weighted by molar-refractivity contribution is 6.01. The van der Waals surface area contributed by atoms with Gasteiger partial charge in [0.2, 0.25) is 11.8 Å². The quantitative estimate of drug-likeness (QED) is 0.396. The molecule has 2 saturated carbocycles. The van der Waals surface area contributed by atoms with E-state index in [1.165, 1.54) is 18.6 Å². The average molecular weight is 545 g/mol. The first-order valence-electron chi connectivity index (χ1n) is 14.3. The van der Waals surface area contributed by atoms with Crippen LogP contribution in [-0.4, -0.2) is 58.1 Å². The minimum absolute atomic E-state index is 0.0149. The zero-order chi connectivity index (χ0) is 27.7. The summed E-state index contributed by atoms with van der Waals surface area (Å²) in [6.07, 6.45) is 8.99. The molecule has 39 heavy (non-hydrogen) atoms. The molecule has 8 nitrogen and oxygen atoms in total. The van der Waals surface area contributed by atoms with Gasteiger partial charge in [-0.05, 0) is 68.1 Å². The number of amides is 2. The predicted octanol–water partition coefficient (Wildman–Crippen LogP) is 4.84. The number of hydrogen-bond acceptors (Lipinski definition) is 4. The molecule has 1 saturated heterocycles. The molecule has 3 fully saturated rings. The summed E-state index contributed by atoms with van der Waals surface area (Å²) in [5, 5.41) is 12.2. The normalized spacial score (nSPS) is 27.0. The maximum Gasteiger partial charge on any atom is 0.355 e.